The molecule has 2 heterocycles. The van der Waals surface area contributed by atoms with E-state index in [1.165, 1.54) is 10.5 Å². The number of likely N-dealkylation sites (tertiary alicyclic amines) is 1. The van der Waals surface area contributed by atoms with Gasteiger partial charge in [0.2, 0.25) is 0 Å². The summed E-state index contributed by atoms with van der Waals surface area (Å²) in [4.78, 5) is 19.6. The number of para-hydroxylation sites is 1. The molecule has 3 aromatic rings. The Balaban J connectivity index is 1.28. The lowest BCUT2D eigenvalue weighted by Crippen LogP contribution is -2.41. The summed E-state index contributed by atoms with van der Waals surface area (Å²) in [6.07, 6.45) is 8.40. The molecule has 2 aromatic carbocycles. The van der Waals surface area contributed by atoms with Crippen molar-refractivity contribution in [2.24, 2.45) is 11.8 Å². The number of hydrogen-bond acceptors (Lipinski definition) is 6. The van der Waals surface area contributed by atoms with E-state index < -0.39 is 5.97 Å². The molecule has 0 spiro atoms. The van der Waals surface area contributed by atoms with Crippen molar-refractivity contribution >= 4 is 28.6 Å². The van der Waals surface area contributed by atoms with Crippen LogP contribution in [0.2, 0.25) is 0 Å². The van der Waals surface area contributed by atoms with E-state index in [1.807, 2.05) is 42.2 Å². The highest BCUT2D eigenvalue weighted by Gasteiger charge is 2.29. The van der Waals surface area contributed by atoms with E-state index in [4.69, 9.17) is 9.47 Å². The van der Waals surface area contributed by atoms with Gasteiger partial charge in [0, 0.05) is 29.4 Å². The number of aryl methyl sites for hydroxylation is 1. The summed E-state index contributed by atoms with van der Waals surface area (Å²) in [5.74, 6) is 3.17. The van der Waals surface area contributed by atoms with Gasteiger partial charge >= 0.3 is 5.97 Å². The van der Waals surface area contributed by atoms with Crippen molar-refractivity contribution in [2.75, 3.05) is 39.6 Å². The minimum atomic E-state index is -0.689. The molecule has 1 fully saturated rings. The van der Waals surface area contributed by atoms with E-state index in [-0.39, 0.29) is 6.42 Å². The Labute approximate surface area is 230 Å². The van der Waals surface area contributed by atoms with Crippen molar-refractivity contribution in [3.63, 3.8) is 0 Å². The molecule has 7 heteroatoms. The molecule has 0 bridgehead atoms. The third-order valence-electron chi connectivity index (χ3n) is 7.71. The average molecular weight is 537 g/mol. The number of nitrogens with zero attached hydrogens (tertiary/aromatic N) is 2. The minimum Gasteiger partial charge on any atom is -0.497 e. The molecular formula is C31H40N2O4S. The minimum absolute atomic E-state index is 0.257. The summed E-state index contributed by atoms with van der Waals surface area (Å²) in [7, 11) is 3.41. The number of pyridine rings is 1. The number of benzene rings is 2. The van der Waals surface area contributed by atoms with E-state index in [2.05, 4.69) is 34.1 Å². The molecule has 6 nitrogen and oxygen atoms in total. The molecule has 4 rings (SSSR count). The van der Waals surface area contributed by atoms with Crippen molar-refractivity contribution in [3.8, 4) is 11.5 Å². The van der Waals surface area contributed by atoms with Crippen molar-refractivity contribution in [1.82, 2.24) is 9.88 Å². The van der Waals surface area contributed by atoms with Crippen LogP contribution in [0.4, 0.5) is 0 Å². The summed E-state index contributed by atoms with van der Waals surface area (Å²) in [6.45, 7) is 3.17. The summed E-state index contributed by atoms with van der Waals surface area (Å²) in [5, 5.41) is 10.5. The van der Waals surface area contributed by atoms with Gasteiger partial charge in [-0.2, -0.15) is 0 Å². The maximum absolute atomic E-state index is 11.4. The van der Waals surface area contributed by atoms with Crippen molar-refractivity contribution in [2.45, 2.75) is 49.8 Å². The number of carboxylic acid groups (broad SMARTS) is 1. The van der Waals surface area contributed by atoms with Crippen LogP contribution in [-0.2, 0) is 11.2 Å². The average Bonchev–Trinajstić information content (AvgIpc) is 2.95. The van der Waals surface area contributed by atoms with Crippen LogP contribution in [0.15, 0.2) is 59.6 Å². The largest absolute Gasteiger partial charge is 0.497 e. The summed E-state index contributed by atoms with van der Waals surface area (Å²) < 4.78 is 10.9. The van der Waals surface area contributed by atoms with E-state index in [1.54, 1.807) is 14.2 Å². The Morgan fingerprint density at radius 1 is 1.08 bits per heavy atom. The molecule has 0 amide bonds. The second-order valence-corrected chi connectivity index (χ2v) is 11.3. The number of carbonyl (C=O) groups is 1. The van der Waals surface area contributed by atoms with Crippen molar-refractivity contribution < 1.29 is 19.4 Å². The lowest BCUT2D eigenvalue weighted by Gasteiger charge is -2.39. The first-order valence-electron chi connectivity index (χ1n) is 13.7. The van der Waals surface area contributed by atoms with Crippen LogP contribution in [0.3, 0.4) is 0 Å². The first-order chi connectivity index (χ1) is 18.6. The third kappa shape index (κ3) is 7.87. The van der Waals surface area contributed by atoms with Crippen LogP contribution in [0, 0.1) is 11.8 Å². The van der Waals surface area contributed by atoms with Crippen LogP contribution >= 0.6 is 11.8 Å². The van der Waals surface area contributed by atoms with Crippen molar-refractivity contribution in [3.05, 3.63) is 60.3 Å². The predicted octanol–water partition coefficient (Wildman–Crippen LogP) is 6.56. The van der Waals surface area contributed by atoms with Gasteiger partial charge in [-0.25, -0.2) is 0 Å². The third-order valence-corrected chi connectivity index (χ3v) is 8.85. The highest BCUT2D eigenvalue weighted by molar-refractivity contribution is 7.99. The maximum atomic E-state index is 11.4. The van der Waals surface area contributed by atoms with Gasteiger partial charge in [0.1, 0.15) is 11.5 Å². The number of rotatable bonds is 14. The zero-order chi connectivity index (χ0) is 26.7. The molecule has 0 unspecified atom stereocenters. The summed E-state index contributed by atoms with van der Waals surface area (Å²) in [5.41, 5.74) is 2.31. The predicted molar refractivity (Wildman–Crippen MR) is 154 cm³/mol. The molecule has 38 heavy (non-hydrogen) atoms. The molecule has 1 saturated heterocycles. The van der Waals surface area contributed by atoms with E-state index in [0.29, 0.717) is 11.8 Å². The van der Waals surface area contributed by atoms with Gasteiger partial charge in [-0.1, -0.05) is 12.1 Å². The van der Waals surface area contributed by atoms with E-state index in [0.717, 1.165) is 86.3 Å². The number of hydrogen-bond donors (Lipinski definition) is 1. The van der Waals surface area contributed by atoms with Gasteiger partial charge in [-0.05, 0) is 111 Å². The number of carboxylic acids is 1. The number of aliphatic carboxylic acids is 1. The topological polar surface area (TPSA) is 71.9 Å². The number of piperidine rings is 1. The molecule has 204 valence electrons. The highest BCUT2D eigenvalue weighted by atomic mass is 32.2. The number of thioether (sulfide) groups is 1. The maximum Gasteiger partial charge on any atom is 0.303 e. The molecule has 0 saturated carbocycles. The summed E-state index contributed by atoms with van der Waals surface area (Å²) >= 11 is 1.85. The second kappa shape index (κ2) is 14.4. The van der Waals surface area contributed by atoms with Crippen LogP contribution < -0.4 is 9.47 Å². The van der Waals surface area contributed by atoms with Crippen LogP contribution in [-0.4, -0.2) is 60.6 Å². The molecule has 2 atom stereocenters. The molecule has 1 aromatic heterocycles. The Kier molecular flexibility index (Phi) is 10.7. The Morgan fingerprint density at radius 2 is 1.95 bits per heavy atom. The molecule has 1 N–H and O–H groups in total. The van der Waals surface area contributed by atoms with Gasteiger partial charge < -0.3 is 19.5 Å². The molecule has 1 aliphatic heterocycles. The molecule has 0 radical (unpaired) electrons. The number of methoxy groups -OCH3 is 2. The van der Waals surface area contributed by atoms with Gasteiger partial charge in [0.15, 0.2) is 0 Å². The van der Waals surface area contributed by atoms with Gasteiger partial charge in [0.05, 0.1) is 19.7 Å². The van der Waals surface area contributed by atoms with Gasteiger partial charge in [0.25, 0.3) is 0 Å². The fraction of sp³-hybridized carbons (Fsp3) is 0.484. The normalized spacial score (nSPS) is 17.9. The molecule has 1 aliphatic rings. The number of fused-ring (bicyclic) bond motifs is 1. The number of aromatic nitrogens is 1. The monoisotopic (exact) mass is 536 g/mol. The van der Waals surface area contributed by atoms with Crippen LogP contribution in [0.1, 0.15) is 44.1 Å². The highest BCUT2D eigenvalue weighted by Crippen LogP contribution is 2.33. The zero-order valence-corrected chi connectivity index (χ0v) is 23.4. The van der Waals surface area contributed by atoms with E-state index in [9.17, 15) is 9.90 Å². The molecular weight excluding hydrogens is 496 g/mol. The van der Waals surface area contributed by atoms with E-state index >= 15 is 0 Å². The number of ether oxygens (including phenoxy) is 2. The zero-order valence-electron chi connectivity index (χ0n) is 22.6. The first-order valence-corrected chi connectivity index (χ1v) is 14.7. The van der Waals surface area contributed by atoms with Crippen LogP contribution in [0.25, 0.3) is 10.9 Å². The first kappa shape index (κ1) is 28.2. The fourth-order valence-electron chi connectivity index (χ4n) is 5.67. The SMILES string of the molecule is COc1ccc2nccc(CCC[C@@H]3CCN(CCCSc4ccccc4OC)C[C@@H]3CCC(=O)O)c2c1. The lowest BCUT2D eigenvalue weighted by atomic mass is 9.79. The van der Waals surface area contributed by atoms with Gasteiger partial charge in [-0.3, -0.25) is 9.78 Å². The molecule has 0 aliphatic carbocycles. The lowest BCUT2D eigenvalue weighted by molar-refractivity contribution is -0.137. The smallest absolute Gasteiger partial charge is 0.303 e. The Hall–Kier alpha value is -2.77. The second-order valence-electron chi connectivity index (χ2n) is 10.1. The van der Waals surface area contributed by atoms with Gasteiger partial charge in [-0.15, -0.1) is 11.8 Å². The standard InChI is InChI=1S/C31H40N2O4S/c1-36-26-12-13-28-27(21-26)24(15-17-32-28)8-5-7-23-16-19-33(22-25(23)11-14-31(34)35)18-6-20-38-30-10-4-3-9-29(30)37-2/h3-4,9-10,12-13,15,17,21,23,25H,5-8,11,14,16,18-20,22H2,1-2H3,(H,34,35)/t23-,25+/m1/s1. The van der Waals surface area contributed by atoms with Crippen molar-refractivity contribution in [1.29, 1.82) is 0 Å². The fourth-order valence-corrected chi connectivity index (χ4v) is 6.63. The Morgan fingerprint density at radius 3 is 2.76 bits per heavy atom. The Bertz CT molecular complexity index is 1190. The summed E-state index contributed by atoms with van der Waals surface area (Å²) in [6, 6.07) is 16.3. The quantitative estimate of drug-likeness (QED) is 0.185. The van der Waals surface area contributed by atoms with Crippen LogP contribution in [0.5, 0.6) is 11.5 Å².